The summed E-state index contributed by atoms with van der Waals surface area (Å²) in [5.41, 5.74) is 0. The minimum Gasteiger partial charge on any atom is -0.483 e. The van der Waals surface area contributed by atoms with Gasteiger partial charge >= 0.3 is 0 Å². The Morgan fingerprint density at radius 2 is 1.50 bits per heavy atom. The third-order valence-electron chi connectivity index (χ3n) is 0. The second-order valence-electron chi connectivity index (χ2n) is 0.105. The summed E-state index contributed by atoms with van der Waals surface area (Å²) in [4.78, 5) is 8.36. The molecule has 0 heterocycles. The summed E-state index contributed by atoms with van der Waals surface area (Å²) in [5, 5.41) is 6.89. The number of nitrogens with two attached hydrogens (primary N) is 2. The molecule has 0 fully saturated rings. The molecule has 0 bridgehead atoms. The summed E-state index contributed by atoms with van der Waals surface area (Å²) >= 11 is 0. The molecule has 0 aliphatic carbocycles. The Labute approximate surface area is 60.7 Å². The maximum Gasteiger partial charge on any atom is 0.290 e. The van der Waals surface area contributed by atoms with Crippen LogP contribution in [-0.2, 0) is 37.5 Å². The number of carbonyl (C=O) groups is 1. The van der Waals surface area contributed by atoms with E-state index < -0.39 is 0 Å². The number of rotatable bonds is 0. The molecule has 5 heteroatoms. The van der Waals surface area contributed by atoms with Crippen LogP contribution in [0.15, 0.2) is 0 Å². The molecule has 0 rings (SSSR count). The number of hydrazine groups is 1. The van der Waals surface area contributed by atoms with E-state index in [1.165, 1.54) is 0 Å². The van der Waals surface area contributed by atoms with Crippen molar-refractivity contribution in [1.82, 2.24) is 0 Å². The van der Waals surface area contributed by atoms with Crippen molar-refractivity contribution < 1.29 is 42.6 Å². The van der Waals surface area contributed by atoms with E-state index in [1.54, 1.807) is 0 Å². The summed E-state index contributed by atoms with van der Waals surface area (Å²) in [7, 11) is 0. The predicted molar refractivity (Wildman–Crippen MR) is 17.1 cm³/mol. The molecule has 0 amide bonds. The Morgan fingerprint density at radius 3 is 1.50 bits per heavy atom. The van der Waals surface area contributed by atoms with Crippen molar-refractivity contribution in [2.24, 2.45) is 11.7 Å². The zero-order chi connectivity index (χ0) is 4.71. The maximum atomic E-state index is 8.36. The fraction of sp³-hybridized carbons (Fsp3) is 0. The van der Waals surface area contributed by atoms with Crippen LogP contribution < -0.4 is 11.7 Å². The first-order chi connectivity index (χ1) is 2.41. The van der Waals surface area contributed by atoms with Gasteiger partial charge < -0.3 is 5.11 Å². The van der Waals surface area contributed by atoms with Crippen LogP contribution in [0.2, 0.25) is 0 Å². The van der Waals surface area contributed by atoms with E-state index >= 15 is 0 Å². The maximum absolute atomic E-state index is 8.36. The smallest absolute Gasteiger partial charge is 0.290 e. The number of hydrogen-bond acceptors (Lipinski definition) is 3. The molecule has 35 valence electrons. The minimum atomic E-state index is -0.250. The topological polar surface area (TPSA) is 89.3 Å². The van der Waals surface area contributed by atoms with Gasteiger partial charge in [0.2, 0.25) is 0 Å². The SMILES string of the molecule is NN.O=CO.[Y]. The van der Waals surface area contributed by atoms with Gasteiger partial charge in [0, 0.05) is 32.7 Å². The van der Waals surface area contributed by atoms with Crippen LogP contribution in [-0.4, -0.2) is 11.6 Å². The molecule has 4 nitrogen and oxygen atoms in total. The van der Waals surface area contributed by atoms with Crippen LogP contribution >= 0.6 is 0 Å². The van der Waals surface area contributed by atoms with E-state index in [9.17, 15) is 0 Å². The van der Waals surface area contributed by atoms with Gasteiger partial charge in [-0.15, -0.1) is 0 Å². The monoisotopic (exact) mass is 167 g/mol. The predicted octanol–water partition coefficient (Wildman–Crippen LogP) is -1.48. The second-order valence-corrected chi connectivity index (χ2v) is 0.105. The van der Waals surface area contributed by atoms with E-state index in [4.69, 9.17) is 9.90 Å². The molecule has 6 heavy (non-hydrogen) atoms. The zero-order valence-corrected chi connectivity index (χ0v) is 6.00. The molecule has 1 radical (unpaired) electrons. The fourth-order valence-electron chi connectivity index (χ4n) is 0. The molecule has 5 N–H and O–H groups in total. The molecule has 0 aromatic carbocycles. The van der Waals surface area contributed by atoms with Crippen molar-refractivity contribution in [2.45, 2.75) is 0 Å². The van der Waals surface area contributed by atoms with Crippen LogP contribution in [0.3, 0.4) is 0 Å². The van der Waals surface area contributed by atoms with E-state index in [0.717, 1.165) is 0 Å². The second kappa shape index (κ2) is 49.7. The molecule has 0 saturated carbocycles. The first-order valence-corrected chi connectivity index (χ1v) is 0.827. The van der Waals surface area contributed by atoms with E-state index in [0.29, 0.717) is 0 Å². The van der Waals surface area contributed by atoms with Gasteiger partial charge in [-0.1, -0.05) is 0 Å². The molecule has 0 saturated heterocycles. The van der Waals surface area contributed by atoms with Gasteiger partial charge in [0.15, 0.2) is 0 Å². The normalized spacial score (nSPS) is 3.00. The van der Waals surface area contributed by atoms with Crippen molar-refractivity contribution >= 4 is 6.47 Å². The molecule has 0 spiro atoms. The summed E-state index contributed by atoms with van der Waals surface area (Å²) in [5.74, 6) is 8.00. The summed E-state index contributed by atoms with van der Waals surface area (Å²) in [6, 6.07) is 0. The van der Waals surface area contributed by atoms with Gasteiger partial charge in [-0.3, -0.25) is 16.5 Å². The van der Waals surface area contributed by atoms with Crippen LogP contribution in [0, 0.1) is 0 Å². The van der Waals surface area contributed by atoms with Gasteiger partial charge in [-0.05, 0) is 0 Å². The molecular weight excluding hydrogens is 161 g/mol. The van der Waals surface area contributed by atoms with Crippen molar-refractivity contribution in [3.8, 4) is 0 Å². The van der Waals surface area contributed by atoms with Gasteiger partial charge in [0.25, 0.3) is 6.47 Å². The Bertz CT molecular complexity index is 19.0. The van der Waals surface area contributed by atoms with Crippen LogP contribution in [0.25, 0.3) is 0 Å². The summed E-state index contributed by atoms with van der Waals surface area (Å²) in [6.07, 6.45) is 0. The van der Waals surface area contributed by atoms with Crippen molar-refractivity contribution in [1.29, 1.82) is 0 Å². The van der Waals surface area contributed by atoms with Gasteiger partial charge in [-0.2, -0.15) is 0 Å². The molecule has 0 aromatic heterocycles. The molecule has 0 atom stereocenters. The van der Waals surface area contributed by atoms with Gasteiger partial charge in [-0.25, -0.2) is 0 Å². The number of carboxylic acid groups (broad SMARTS) is 1. The summed E-state index contributed by atoms with van der Waals surface area (Å²) in [6.45, 7) is -0.250. The quantitative estimate of drug-likeness (QED) is 0.233. The first kappa shape index (κ1) is 16.1. The van der Waals surface area contributed by atoms with Crippen LogP contribution in [0.4, 0.5) is 0 Å². The molecule has 0 aliphatic rings. The molecular formula is CH6N2O2Y. The number of hydrogen-bond donors (Lipinski definition) is 3. The van der Waals surface area contributed by atoms with Crippen LogP contribution in [0.5, 0.6) is 0 Å². The fourth-order valence-corrected chi connectivity index (χ4v) is 0. The average molecular weight is 167 g/mol. The minimum absolute atomic E-state index is 0. The van der Waals surface area contributed by atoms with Crippen LogP contribution in [0.1, 0.15) is 0 Å². The standard InChI is InChI=1S/CH2O2.H4N2.Y/c2-1-3;1-2;/h1H,(H,2,3);1-2H2;. The molecule has 0 unspecified atom stereocenters. The van der Waals surface area contributed by atoms with E-state index in [1.807, 2.05) is 0 Å². The Balaban J connectivity index is -0.0000000275. The molecule has 0 aliphatic heterocycles. The molecule has 0 aromatic rings. The zero-order valence-electron chi connectivity index (χ0n) is 3.16. The van der Waals surface area contributed by atoms with Gasteiger partial charge in [0.05, 0.1) is 0 Å². The third-order valence-corrected chi connectivity index (χ3v) is 0. The van der Waals surface area contributed by atoms with Gasteiger partial charge in [0.1, 0.15) is 0 Å². The Kier molecular flexibility index (Phi) is 133. The van der Waals surface area contributed by atoms with E-state index in [2.05, 4.69) is 11.7 Å². The summed E-state index contributed by atoms with van der Waals surface area (Å²) < 4.78 is 0. The van der Waals surface area contributed by atoms with E-state index in [-0.39, 0.29) is 39.2 Å². The van der Waals surface area contributed by atoms with Crippen molar-refractivity contribution in [3.05, 3.63) is 0 Å². The van der Waals surface area contributed by atoms with Crippen molar-refractivity contribution in [2.75, 3.05) is 0 Å². The van der Waals surface area contributed by atoms with Crippen molar-refractivity contribution in [3.63, 3.8) is 0 Å². The first-order valence-electron chi connectivity index (χ1n) is 0.827. The Hall–Kier alpha value is 0.494. The average Bonchev–Trinajstić information content (AvgIpc) is 1.46. The Morgan fingerprint density at radius 1 is 1.50 bits per heavy atom. The third kappa shape index (κ3) is 225. The largest absolute Gasteiger partial charge is 0.483 e.